The maximum absolute atomic E-state index is 9.24. The van der Waals surface area contributed by atoms with E-state index in [4.69, 9.17) is 9.90 Å². The van der Waals surface area contributed by atoms with Crippen LogP contribution in [0.2, 0.25) is 0 Å². The maximum Gasteiger partial charge on any atom is 0.300 e. The average molecular weight is 192 g/mol. The lowest BCUT2D eigenvalue weighted by atomic mass is 10.1. The number of rotatable bonds is 0. The molecule has 14 heavy (non-hydrogen) atoms. The summed E-state index contributed by atoms with van der Waals surface area (Å²) in [6, 6.07) is 7.91. The first kappa shape index (κ1) is 10.3. The van der Waals surface area contributed by atoms with Crippen LogP contribution in [0, 0.1) is 0 Å². The lowest BCUT2D eigenvalue weighted by Crippen LogP contribution is -1.80. The van der Waals surface area contributed by atoms with Crippen LogP contribution in [0.4, 0.5) is 0 Å². The summed E-state index contributed by atoms with van der Waals surface area (Å²) in [4.78, 5) is 9.00. The second-order valence-corrected chi connectivity index (χ2v) is 2.97. The molecule has 0 saturated heterocycles. The highest BCUT2D eigenvalue weighted by atomic mass is 16.4. The Morgan fingerprint density at radius 3 is 2.50 bits per heavy atom. The van der Waals surface area contributed by atoms with Gasteiger partial charge in [0, 0.05) is 12.5 Å². The lowest BCUT2D eigenvalue weighted by Gasteiger charge is -1.96. The molecule has 0 heterocycles. The smallest absolute Gasteiger partial charge is 0.300 e. The van der Waals surface area contributed by atoms with Gasteiger partial charge in [0.25, 0.3) is 5.97 Å². The highest BCUT2D eigenvalue weighted by Crippen LogP contribution is 2.23. The Bertz CT molecular complexity index is 363. The molecule has 0 unspecified atom stereocenters. The van der Waals surface area contributed by atoms with Gasteiger partial charge in [0.2, 0.25) is 0 Å². The number of aliphatic carboxylic acids is 1. The van der Waals surface area contributed by atoms with Gasteiger partial charge in [-0.2, -0.15) is 0 Å². The molecule has 74 valence electrons. The zero-order valence-electron chi connectivity index (χ0n) is 7.90. The van der Waals surface area contributed by atoms with E-state index in [0.29, 0.717) is 5.76 Å². The number of carboxylic acids is 1. The van der Waals surface area contributed by atoms with Crippen LogP contribution in [-0.4, -0.2) is 16.2 Å². The molecule has 0 amide bonds. The van der Waals surface area contributed by atoms with Crippen molar-refractivity contribution in [1.29, 1.82) is 0 Å². The summed E-state index contributed by atoms with van der Waals surface area (Å²) < 4.78 is 0. The van der Waals surface area contributed by atoms with Crippen molar-refractivity contribution >= 4 is 11.7 Å². The average Bonchev–Trinajstić information content (AvgIpc) is 2.48. The number of aliphatic hydroxyl groups is 1. The molecule has 1 aliphatic carbocycles. The molecule has 0 aromatic heterocycles. The van der Waals surface area contributed by atoms with Crippen molar-refractivity contribution in [2.24, 2.45) is 0 Å². The van der Waals surface area contributed by atoms with Gasteiger partial charge in [0.05, 0.1) is 0 Å². The number of carbonyl (C=O) groups is 1. The Morgan fingerprint density at radius 1 is 1.36 bits per heavy atom. The number of fused-ring (bicyclic) bond motifs is 1. The van der Waals surface area contributed by atoms with Gasteiger partial charge >= 0.3 is 0 Å². The number of benzene rings is 1. The SMILES string of the molecule is CC(=O)O.OC1=CCc2ccccc21. The van der Waals surface area contributed by atoms with Crippen LogP contribution >= 0.6 is 0 Å². The summed E-state index contributed by atoms with van der Waals surface area (Å²) >= 11 is 0. The predicted molar refractivity (Wildman–Crippen MR) is 54.1 cm³/mol. The minimum absolute atomic E-state index is 0.426. The Kier molecular flexibility index (Phi) is 3.29. The fraction of sp³-hybridized carbons (Fsp3) is 0.182. The number of carboxylic acid groups (broad SMARTS) is 1. The fourth-order valence-electron chi connectivity index (χ4n) is 1.26. The normalized spacial score (nSPS) is 12.2. The minimum atomic E-state index is -0.833. The van der Waals surface area contributed by atoms with E-state index in [0.717, 1.165) is 18.9 Å². The van der Waals surface area contributed by atoms with Gasteiger partial charge in [-0.05, 0) is 18.1 Å². The van der Waals surface area contributed by atoms with E-state index in [9.17, 15) is 5.11 Å². The van der Waals surface area contributed by atoms with Gasteiger partial charge in [-0.25, -0.2) is 0 Å². The topological polar surface area (TPSA) is 57.5 Å². The molecule has 3 nitrogen and oxygen atoms in total. The summed E-state index contributed by atoms with van der Waals surface area (Å²) in [5.74, 6) is -0.407. The molecule has 0 aliphatic heterocycles. The molecule has 1 aliphatic rings. The summed E-state index contributed by atoms with van der Waals surface area (Å²) in [7, 11) is 0. The van der Waals surface area contributed by atoms with Gasteiger partial charge in [0.15, 0.2) is 0 Å². The number of allylic oxidation sites excluding steroid dienone is 1. The second kappa shape index (κ2) is 4.46. The molecule has 0 radical (unpaired) electrons. The van der Waals surface area contributed by atoms with E-state index in [1.807, 2.05) is 30.3 Å². The summed E-state index contributed by atoms with van der Waals surface area (Å²) in [6.45, 7) is 1.08. The summed E-state index contributed by atoms with van der Waals surface area (Å²) in [5, 5.41) is 16.7. The molecule has 2 N–H and O–H groups in total. The molecule has 3 heteroatoms. The van der Waals surface area contributed by atoms with Gasteiger partial charge in [-0.3, -0.25) is 4.79 Å². The largest absolute Gasteiger partial charge is 0.508 e. The third kappa shape index (κ3) is 2.62. The number of aliphatic hydroxyl groups excluding tert-OH is 1. The summed E-state index contributed by atoms with van der Waals surface area (Å²) in [5.41, 5.74) is 2.21. The van der Waals surface area contributed by atoms with Crippen LogP contribution < -0.4 is 0 Å². The number of hydrogen-bond acceptors (Lipinski definition) is 2. The Morgan fingerprint density at radius 2 is 1.93 bits per heavy atom. The van der Waals surface area contributed by atoms with Crippen molar-refractivity contribution in [3.05, 3.63) is 41.5 Å². The molecule has 0 saturated carbocycles. The first-order valence-electron chi connectivity index (χ1n) is 4.28. The molecule has 0 spiro atoms. The highest BCUT2D eigenvalue weighted by molar-refractivity contribution is 5.66. The van der Waals surface area contributed by atoms with E-state index in [1.54, 1.807) is 0 Å². The fourth-order valence-corrected chi connectivity index (χ4v) is 1.26. The van der Waals surface area contributed by atoms with Crippen LogP contribution in [0.25, 0.3) is 5.76 Å². The highest BCUT2D eigenvalue weighted by Gasteiger charge is 2.10. The first-order valence-corrected chi connectivity index (χ1v) is 4.28. The molecule has 1 aromatic rings. The third-order valence-corrected chi connectivity index (χ3v) is 1.81. The van der Waals surface area contributed by atoms with Gasteiger partial charge < -0.3 is 10.2 Å². The molecular formula is C11H12O3. The molecule has 2 rings (SSSR count). The number of hydrogen-bond donors (Lipinski definition) is 2. The van der Waals surface area contributed by atoms with Crippen molar-refractivity contribution < 1.29 is 15.0 Å². The van der Waals surface area contributed by atoms with Crippen molar-refractivity contribution in [3.8, 4) is 0 Å². The lowest BCUT2D eigenvalue weighted by molar-refractivity contribution is -0.134. The minimum Gasteiger partial charge on any atom is -0.508 e. The molecule has 0 bridgehead atoms. The van der Waals surface area contributed by atoms with E-state index in [2.05, 4.69) is 0 Å². The van der Waals surface area contributed by atoms with E-state index in [-0.39, 0.29) is 0 Å². The van der Waals surface area contributed by atoms with Crippen molar-refractivity contribution in [1.82, 2.24) is 0 Å². The summed E-state index contributed by atoms with van der Waals surface area (Å²) in [6.07, 6.45) is 2.71. The van der Waals surface area contributed by atoms with Crippen molar-refractivity contribution in [2.45, 2.75) is 13.3 Å². The van der Waals surface area contributed by atoms with Crippen LogP contribution in [-0.2, 0) is 11.2 Å². The van der Waals surface area contributed by atoms with Gasteiger partial charge in [-0.1, -0.05) is 24.3 Å². The Balaban J connectivity index is 0.000000213. The van der Waals surface area contributed by atoms with Crippen molar-refractivity contribution in [2.75, 3.05) is 0 Å². The zero-order valence-corrected chi connectivity index (χ0v) is 7.90. The monoisotopic (exact) mass is 192 g/mol. The Labute approximate surface area is 82.3 Å². The van der Waals surface area contributed by atoms with E-state index in [1.165, 1.54) is 5.56 Å². The van der Waals surface area contributed by atoms with Gasteiger partial charge in [0.1, 0.15) is 5.76 Å². The Hall–Kier alpha value is -1.77. The van der Waals surface area contributed by atoms with Gasteiger partial charge in [-0.15, -0.1) is 0 Å². The standard InChI is InChI=1S/C9H8O.C2H4O2/c10-9-6-5-7-3-1-2-4-8(7)9;1-2(3)4/h1-4,6,10H,5H2;1H3,(H,3,4). The first-order chi connectivity index (χ1) is 6.61. The van der Waals surface area contributed by atoms with Crippen molar-refractivity contribution in [3.63, 3.8) is 0 Å². The van der Waals surface area contributed by atoms with Crippen LogP contribution in [0.3, 0.4) is 0 Å². The molecule has 0 atom stereocenters. The maximum atomic E-state index is 9.24. The quantitative estimate of drug-likeness (QED) is 0.662. The van der Waals surface area contributed by atoms with E-state index >= 15 is 0 Å². The predicted octanol–water partition coefficient (Wildman–Crippen LogP) is 2.23. The third-order valence-electron chi connectivity index (χ3n) is 1.81. The molecule has 1 aromatic carbocycles. The zero-order chi connectivity index (χ0) is 10.6. The van der Waals surface area contributed by atoms with E-state index < -0.39 is 5.97 Å². The van der Waals surface area contributed by atoms with Crippen LogP contribution in [0.1, 0.15) is 18.1 Å². The molecule has 0 fully saturated rings. The van der Waals surface area contributed by atoms with Crippen LogP contribution in [0.15, 0.2) is 30.3 Å². The molecular weight excluding hydrogens is 180 g/mol. The van der Waals surface area contributed by atoms with Crippen LogP contribution in [0.5, 0.6) is 0 Å². The second-order valence-electron chi connectivity index (χ2n) is 2.97.